The Morgan fingerprint density at radius 3 is 2.80 bits per heavy atom. The third kappa shape index (κ3) is 2.53. The van der Waals surface area contributed by atoms with Crippen LogP contribution in [-0.2, 0) is 16.0 Å². The summed E-state index contributed by atoms with van der Waals surface area (Å²) in [5.74, 6) is 0.0118. The molecule has 30 heavy (non-hydrogen) atoms. The smallest absolute Gasteiger partial charge is 0.415 e. The molecular weight excluding hydrogens is 393 g/mol. The highest BCUT2D eigenvalue weighted by Gasteiger charge is 2.58. The summed E-state index contributed by atoms with van der Waals surface area (Å²) in [4.78, 5) is 27.4. The van der Waals surface area contributed by atoms with Gasteiger partial charge in [-0.3, -0.25) is 14.7 Å². The normalized spacial score (nSPS) is 32.8. The van der Waals surface area contributed by atoms with E-state index in [9.17, 15) is 9.59 Å². The summed E-state index contributed by atoms with van der Waals surface area (Å²) < 4.78 is 20.6. The van der Waals surface area contributed by atoms with E-state index in [1.165, 1.54) is 6.07 Å². The fourth-order valence-corrected chi connectivity index (χ4v) is 5.60. The van der Waals surface area contributed by atoms with Crippen molar-refractivity contribution < 1.29 is 23.8 Å². The van der Waals surface area contributed by atoms with Crippen molar-refractivity contribution in [1.82, 2.24) is 20.9 Å². The average molecular weight is 415 g/mol. The second kappa shape index (κ2) is 6.32. The summed E-state index contributed by atoms with van der Waals surface area (Å²) in [5.41, 5.74) is 8.04. The van der Waals surface area contributed by atoms with Crippen molar-refractivity contribution in [2.24, 2.45) is 11.8 Å². The van der Waals surface area contributed by atoms with Gasteiger partial charge >= 0.3 is 6.09 Å². The number of benzene rings is 1. The van der Waals surface area contributed by atoms with Crippen molar-refractivity contribution in [2.45, 2.75) is 24.5 Å². The average Bonchev–Trinajstić information content (AvgIpc) is 3.26. The predicted octanol–water partition coefficient (Wildman–Crippen LogP) is 0.0357. The van der Waals surface area contributed by atoms with Crippen molar-refractivity contribution in [3.63, 3.8) is 0 Å². The van der Waals surface area contributed by atoms with Gasteiger partial charge in [-0.1, -0.05) is 6.07 Å². The minimum Gasteiger partial charge on any atom is -0.442 e. The maximum absolute atomic E-state index is 15.0. The zero-order valence-electron chi connectivity index (χ0n) is 16.1. The fraction of sp³-hybridized carbons (Fsp3) is 0.500. The van der Waals surface area contributed by atoms with Crippen molar-refractivity contribution >= 4 is 17.7 Å². The molecule has 3 unspecified atom stereocenters. The van der Waals surface area contributed by atoms with Crippen molar-refractivity contribution in [3.05, 3.63) is 41.5 Å². The van der Waals surface area contributed by atoms with E-state index in [-0.39, 0.29) is 41.6 Å². The first kappa shape index (κ1) is 18.0. The predicted molar refractivity (Wildman–Crippen MR) is 102 cm³/mol. The Hall–Kier alpha value is -2.85. The molecule has 0 spiro atoms. The molecule has 3 fully saturated rings. The van der Waals surface area contributed by atoms with Crippen LogP contribution in [0.2, 0.25) is 0 Å². The number of carbonyl (C=O) groups excluding carboxylic acids is 2. The molecule has 1 aliphatic carbocycles. The minimum absolute atomic E-state index is 0.0984. The van der Waals surface area contributed by atoms with E-state index in [0.29, 0.717) is 37.3 Å². The second-order valence-electron chi connectivity index (χ2n) is 8.60. The molecular formula is C20H22FN5O4. The van der Waals surface area contributed by atoms with Gasteiger partial charge in [-0.2, -0.15) is 0 Å². The number of cyclic esters (lactones) is 1. The molecule has 5 aliphatic rings. The summed E-state index contributed by atoms with van der Waals surface area (Å²) in [7, 11) is 0. The number of nitrogens with zero attached hydrogens (tertiary/aromatic N) is 3. The van der Waals surface area contributed by atoms with Crippen molar-refractivity contribution in [2.75, 3.05) is 31.1 Å². The summed E-state index contributed by atoms with van der Waals surface area (Å²) in [5, 5.41) is 10.8. The molecule has 4 heterocycles. The lowest BCUT2D eigenvalue weighted by Crippen LogP contribution is -2.44. The molecule has 10 heteroatoms. The lowest BCUT2D eigenvalue weighted by Gasteiger charge is -2.22. The van der Waals surface area contributed by atoms with Gasteiger partial charge in [0.2, 0.25) is 5.91 Å². The highest BCUT2D eigenvalue weighted by atomic mass is 19.1. The van der Waals surface area contributed by atoms with Gasteiger partial charge < -0.3 is 20.2 Å². The van der Waals surface area contributed by atoms with Crippen LogP contribution >= 0.6 is 0 Å². The Morgan fingerprint density at radius 2 is 2.10 bits per heavy atom. The van der Waals surface area contributed by atoms with Gasteiger partial charge in [0.15, 0.2) is 0 Å². The molecule has 158 valence electrons. The maximum Gasteiger partial charge on any atom is 0.415 e. The first-order valence-corrected chi connectivity index (χ1v) is 10.2. The number of fused-ring (bicyclic) bond motifs is 4. The molecule has 0 bridgehead atoms. The monoisotopic (exact) mass is 415 g/mol. The topological polar surface area (TPSA) is 97.4 Å². The molecule has 9 nitrogen and oxygen atoms in total. The molecule has 4 aliphatic heterocycles. The molecule has 1 saturated carbocycles. The van der Waals surface area contributed by atoms with Gasteiger partial charge in [0.1, 0.15) is 18.5 Å². The quantitative estimate of drug-likeness (QED) is 0.639. The summed E-state index contributed by atoms with van der Waals surface area (Å²) >= 11 is 0. The number of amides is 2. The number of carbonyl (C=O) groups is 2. The Bertz CT molecular complexity index is 959. The number of rotatable bonds is 4. The fourth-order valence-electron chi connectivity index (χ4n) is 5.60. The molecule has 2 saturated heterocycles. The van der Waals surface area contributed by atoms with Crippen molar-refractivity contribution in [1.29, 1.82) is 0 Å². The first-order valence-electron chi connectivity index (χ1n) is 10.2. The highest BCUT2D eigenvalue weighted by molar-refractivity contribution is 5.94. The molecule has 2 amide bonds. The zero-order chi connectivity index (χ0) is 20.6. The lowest BCUT2D eigenvalue weighted by molar-refractivity contribution is -0.133. The second-order valence-corrected chi connectivity index (χ2v) is 8.60. The zero-order valence-corrected chi connectivity index (χ0v) is 16.1. The van der Waals surface area contributed by atoms with Gasteiger partial charge in [0.05, 0.1) is 18.3 Å². The molecule has 6 rings (SSSR count). The Morgan fingerprint density at radius 1 is 1.30 bits per heavy atom. The van der Waals surface area contributed by atoms with Crippen LogP contribution in [0.4, 0.5) is 14.9 Å². The molecule has 0 radical (unpaired) electrons. The number of hydrogen-bond donors (Lipinski definition) is 3. The number of hydrazine groups is 2. The van der Waals surface area contributed by atoms with Crippen molar-refractivity contribution in [3.8, 4) is 0 Å². The van der Waals surface area contributed by atoms with Crippen LogP contribution in [0.15, 0.2) is 24.5 Å². The van der Waals surface area contributed by atoms with E-state index in [4.69, 9.17) is 9.84 Å². The number of aliphatic hydroxyl groups is 1. The largest absolute Gasteiger partial charge is 0.442 e. The van der Waals surface area contributed by atoms with E-state index in [2.05, 4.69) is 11.0 Å². The number of halogens is 1. The minimum atomic E-state index is -0.482. The third-order valence-electron chi connectivity index (χ3n) is 7.06. The summed E-state index contributed by atoms with van der Waals surface area (Å²) in [6.07, 6.45) is 3.44. The summed E-state index contributed by atoms with van der Waals surface area (Å²) in [6.45, 7) is 1.14. The van der Waals surface area contributed by atoms with E-state index in [1.54, 1.807) is 21.0 Å². The molecule has 4 atom stereocenters. The van der Waals surface area contributed by atoms with Gasteiger partial charge in [-0.25, -0.2) is 9.18 Å². The number of nitrogens with one attached hydrogen (secondary N) is 2. The van der Waals surface area contributed by atoms with E-state index >= 15 is 4.39 Å². The van der Waals surface area contributed by atoms with Gasteiger partial charge in [0.25, 0.3) is 0 Å². The van der Waals surface area contributed by atoms with Gasteiger partial charge in [0, 0.05) is 25.5 Å². The molecule has 1 aromatic carbocycles. The molecule has 1 aromatic rings. The number of aliphatic hydroxyl groups excluding tert-OH is 1. The van der Waals surface area contributed by atoms with Crippen LogP contribution < -0.4 is 15.9 Å². The van der Waals surface area contributed by atoms with E-state index < -0.39 is 12.7 Å². The standard InChI is InChI=1S/C20H22FN5O4/c21-14-5-15-10(3-11(14)19-12-6-24(7-13(12)19)18(28)9-27)4-16-17(30-20(29)26(15)16)8-25-2-1-22-23-25/h1-3,5,12-13,16-17,19,22-23,27H,4,6-9H2/t12?,13?,16-,17?,19?/m0/s1. The Labute approximate surface area is 172 Å². The molecule has 0 aromatic heterocycles. The Balaban J connectivity index is 1.21. The third-order valence-corrected chi connectivity index (χ3v) is 7.06. The Kier molecular flexibility index (Phi) is 3.79. The van der Waals surface area contributed by atoms with Crippen LogP contribution in [-0.4, -0.2) is 65.4 Å². The first-order chi connectivity index (χ1) is 14.5. The number of ether oxygens (including phenoxy) is 1. The molecule has 3 N–H and O–H groups in total. The van der Waals surface area contributed by atoms with Gasteiger partial charge in [-0.15, -0.1) is 5.53 Å². The number of hydrogen-bond acceptors (Lipinski definition) is 7. The number of anilines is 1. The maximum atomic E-state index is 15.0. The van der Waals surface area contributed by atoms with E-state index in [0.717, 1.165) is 5.56 Å². The van der Waals surface area contributed by atoms with E-state index in [1.807, 2.05) is 12.3 Å². The summed E-state index contributed by atoms with van der Waals surface area (Å²) in [6, 6.07) is 3.22. The SMILES string of the molecule is O=C(CO)N1CC2C(C1)C2c1cc2c(cc1F)N1C(=O)OC(CN3C=CNN3)[C@@H]1C2. The number of likely N-dealkylation sites (tertiary alicyclic amines) is 1. The van der Waals surface area contributed by atoms with Gasteiger partial charge in [-0.05, 0) is 41.4 Å². The van der Waals surface area contributed by atoms with Crippen LogP contribution in [0.1, 0.15) is 17.0 Å². The van der Waals surface area contributed by atoms with Crippen LogP contribution in [0.5, 0.6) is 0 Å². The van der Waals surface area contributed by atoms with Crippen LogP contribution in [0.3, 0.4) is 0 Å². The number of piperidine rings is 1. The van der Waals surface area contributed by atoms with Crippen LogP contribution in [0, 0.1) is 17.7 Å². The van der Waals surface area contributed by atoms with Crippen LogP contribution in [0.25, 0.3) is 0 Å². The lowest BCUT2D eigenvalue weighted by atomic mass is 9.99. The highest BCUT2D eigenvalue weighted by Crippen LogP contribution is 2.59.